The predicted molar refractivity (Wildman–Crippen MR) is 129 cm³/mol. The Labute approximate surface area is 191 Å². The highest BCUT2D eigenvalue weighted by atomic mass is 79.9. The van der Waals surface area contributed by atoms with Crippen LogP contribution in [-0.2, 0) is 5.41 Å². The first-order valence-electron chi connectivity index (χ1n) is 10.4. The number of benzene rings is 4. The number of halogens is 1. The van der Waals surface area contributed by atoms with Crippen molar-refractivity contribution >= 4 is 15.9 Å². The Morgan fingerprint density at radius 1 is 0.581 bits per heavy atom. The Bertz CT molecular complexity index is 1340. The zero-order valence-corrected chi connectivity index (χ0v) is 18.3. The first-order chi connectivity index (χ1) is 15.3. The van der Waals surface area contributed by atoms with Crippen molar-refractivity contribution in [1.29, 1.82) is 0 Å². The number of rotatable bonds is 0. The molecule has 7 rings (SSSR count). The Hall–Kier alpha value is -3.52. The maximum absolute atomic E-state index is 3.64. The van der Waals surface area contributed by atoms with E-state index in [2.05, 4.69) is 112 Å². The fourth-order valence-corrected chi connectivity index (χ4v) is 5.44. The van der Waals surface area contributed by atoms with Crippen molar-refractivity contribution in [1.82, 2.24) is 0 Å². The summed E-state index contributed by atoms with van der Waals surface area (Å²) in [5, 5.41) is 0. The second kappa shape index (κ2) is 7.02. The van der Waals surface area contributed by atoms with Crippen molar-refractivity contribution in [2.75, 3.05) is 0 Å². The third-order valence-electron chi connectivity index (χ3n) is 6.39. The molecule has 1 heteroatoms. The molecule has 0 unspecified atom stereocenters. The standard InChI is InChI=1S/C30H17Br/c31-22-18-16-21(17-19-22)9-7-8-20-30-26-13-4-1-10-23(26)29(24-11-2-5-14-27(24)30)25-12-3-6-15-28(25)30/h1-6,10-19,29H. The van der Waals surface area contributed by atoms with E-state index in [0.717, 1.165) is 10.0 Å². The molecule has 4 aromatic rings. The van der Waals surface area contributed by atoms with E-state index in [0.29, 0.717) is 0 Å². The van der Waals surface area contributed by atoms with Crippen LogP contribution >= 0.6 is 15.9 Å². The van der Waals surface area contributed by atoms with Crippen LogP contribution in [0, 0.1) is 23.7 Å². The maximum atomic E-state index is 3.64. The van der Waals surface area contributed by atoms with Crippen LogP contribution in [-0.4, -0.2) is 0 Å². The van der Waals surface area contributed by atoms with Gasteiger partial charge in [0.2, 0.25) is 0 Å². The molecule has 3 aliphatic carbocycles. The maximum Gasteiger partial charge on any atom is 0.108 e. The van der Waals surface area contributed by atoms with Crippen molar-refractivity contribution in [3.05, 3.63) is 140 Å². The minimum Gasteiger partial charge on any atom is -0.0676 e. The molecule has 0 atom stereocenters. The molecule has 0 saturated carbocycles. The summed E-state index contributed by atoms with van der Waals surface area (Å²) in [7, 11) is 0. The second-order valence-corrected chi connectivity index (χ2v) is 8.87. The topological polar surface area (TPSA) is 0 Å². The van der Waals surface area contributed by atoms with Gasteiger partial charge in [0.1, 0.15) is 5.41 Å². The van der Waals surface area contributed by atoms with E-state index < -0.39 is 5.41 Å². The van der Waals surface area contributed by atoms with Crippen LogP contribution in [0.4, 0.5) is 0 Å². The Kier molecular flexibility index (Phi) is 4.14. The smallest absolute Gasteiger partial charge is 0.0676 e. The van der Waals surface area contributed by atoms with Crippen LogP contribution in [0.25, 0.3) is 0 Å². The molecule has 0 saturated heterocycles. The Morgan fingerprint density at radius 3 is 1.58 bits per heavy atom. The molecule has 3 aliphatic rings. The molecule has 0 fully saturated rings. The molecule has 0 aromatic heterocycles. The first-order valence-corrected chi connectivity index (χ1v) is 11.2. The van der Waals surface area contributed by atoms with Gasteiger partial charge in [-0.1, -0.05) is 101 Å². The van der Waals surface area contributed by atoms with E-state index in [4.69, 9.17) is 0 Å². The highest BCUT2D eigenvalue weighted by Crippen LogP contribution is 2.58. The molecule has 0 amide bonds. The summed E-state index contributed by atoms with van der Waals surface area (Å²) in [5.41, 5.74) is 8.40. The van der Waals surface area contributed by atoms with Crippen molar-refractivity contribution in [2.45, 2.75) is 11.3 Å². The average molecular weight is 457 g/mol. The van der Waals surface area contributed by atoms with Crippen molar-refractivity contribution in [3.8, 4) is 23.7 Å². The van der Waals surface area contributed by atoms with Gasteiger partial charge < -0.3 is 0 Å². The quantitative estimate of drug-likeness (QED) is 0.260. The fraction of sp³-hybridized carbons (Fsp3) is 0.0667. The number of hydrogen-bond donors (Lipinski definition) is 0. The SMILES string of the molecule is Brc1ccc(C#CC#CC23c4ccccc4C(c4ccccc42)c2ccccc23)cc1. The molecule has 144 valence electrons. The summed E-state index contributed by atoms with van der Waals surface area (Å²) in [4.78, 5) is 0. The van der Waals surface area contributed by atoms with E-state index in [9.17, 15) is 0 Å². The summed E-state index contributed by atoms with van der Waals surface area (Å²) in [6.07, 6.45) is 0. The number of hydrogen-bond acceptors (Lipinski definition) is 0. The summed E-state index contributed by atoms with van der Waals surface area (Å²) >= 11 is 3.47. The third kappa shape index (κ3) is 2.64. The van der Waals surface area contributed by atoms with Crippen molar-refractivity contribution < 1.29 is 0 Å². The van der Waals surface area contributed by atoms with Crippen LogP contribution in [0.15, 0.2) is 102 Å². The van der Waals surface area contributed by atoms with Gasteiger partial charge in [0.25, 0.3) is 0 Å². The van der Waals surface area contributed by atoms with Gasteiger partial charge in [-0.25, -0.2) is 0 Å². The lowest BCUT2D eigenvalue weighted by molar-refractivity contribution is 0.666. The largest absolute Gasteiger partial charge is 0.108 e. The highest BCUT2D eigenvalue weighted by Gasteiger charge is 2.50. The normalized spacial score (nSPS) is 19.1. The molecule has 0 spiro atoms. The van der Waals surface area contributed by atoms with E-state index in [1.165, 1.54) is 33.4 Å². The van der Waals surface area contributed by atoms with E-state index in [1.54, 1.807) is 0 Å². The zero-order chi connectivity index (χ0) is 20.8. The van der Waals surface area contributed by atoms with E-state index >= 15 is 0 Å². The van der Waals surface area contributed by atoms with Gasteiger partial charge in [0, 0.05) is 16.0 Å². The molecule has 0 N–H and O–H groups in total. The summed E-state index contributed by atoms with van der Waals surface area (Å²) < 4.78 is 1.05. The lowest BCUT2D eigenvalue weighted by Gasteiger charge is -2.48. The Morgan fingerprint density at radius 2 is 1.06 bits per heavy atom. The van der Waals surface area contributed by atoms with Crippen LogP contribution in [0.5, 0.6) is 0 Å². The van der Waals surface area contributed by atoms with Crippen molar-refractivity contribution in [3.63, 3.8) is 0 Å². The summed E-state index contributed by atoms with van der Waals surface area (Å²) in [6.45, 7) is 0. The van der Waals surface area contributed by atoms with Gasteiger partial charge >= 0.3 is 0 Å². The van der Waals surface area contributed by atoms with E-state index in [-0.39, 0.29) is 5.92 Å². The molecule has 0 nitrogen and oxygen atoms in total. The minimum absolute atomic E-state index is 0.265. The Balaban J connectivity index is 1.60. The van der Waals surface area contributed by atoms with Crippen LogP contribution in [0.3, 0.4) is 0 Å². The van der Waals surface area contributed by atoms with Crippen LogP contribution < -0.4 is 0 Å². The van der Waals surface area contributed by atoms with Gasteiger partial charge in [-0.2, -0.15) is 0 Å². The van der Waals surface area contributed by atoms with Gasteiger partial charge in [-0.15, -0.1) is 0 Å². The molecule has 31 heavy (non-hydrogen) atoms. The third-order valence-corrected chi connectivity index (χ3v) is 6.92. The average Bonchev–Trinajstić information content (AvgIpc) is 2.83. The lowest BCUT2D eigenvalue weighted by atomic mass is 9.53. The van der Waals surface area contributed by atoms with Gasteiger partial charge in [0.15, 0.2) is 0 Å². The highest BCUT2D eigenvalue weighted by molar-refractivity contribution is 9.10. The van der Waals surface area contributed by atoms with Gasteiger partial charge in [0.05, 0.1) is 0 Å². The fourth-order valence-electron chi connectivity index (χ4n) is 5.17. The van der Waals surface area contributed by atoms with Gasteiger partial charge in [-0.3, -0.25) is 0 Å². The monoisotopic (exact) mass is 456 g/mol. The minimum atomic E-state index is -0.493. The van der Waals surface area contributed by atoms with Crippen LogP contribution in [0.1, 0.15) is 44.9 Å². The van der Waals surface area contributed by atoms with Gasteiger partial charge in [-0.05, 0) is 69.5 Å². The summed E-state index contributed by atoms with van der Waals surface area (Å²) in [6, 6.07) is 34.3. The van der Waals surface area contributed by atoms with Crippen molar-refractivity contribution in [2.24, 2.45) is 0 Å². The molecule has 0 heterocycles. The molecular weight excluding hydrogens is 440 g/mol. The molecule has 0 radical (unpaired) electrons. The molecule has 2 bridgehead atoms. The predicted octanol–water partition coefficient (Wildman–Crippen LogP) is 6.65. The summed E-state index contributed by atoms with van der Waals surface area (Å²) in [5.74, 6) is 13.4. The zero-order valence-electron chi connectivity index (χ0n) is 16.7. The molecular formula is C30H17Br. The lowest BCUT2D eigenvalue weighted by Crippen LogP contribution is -2.41. The molecule has 0 aliphatic heterocycles. The second-order valence-electron chi connectivity index (χ2n) is 7.95. The molecule has 4 aromatic carbocycles. The van der Waals surface area contributed by atoms with E-state index in [1.807, 2.05) is 24.3 Å². The van der Waals surface area contributed by atoms with Crippen LogP contribution in [0.2, 0.25) is 0 Å². The first kappa shape index (κ1) is 18.3.